The van der Waals surface area contributed by atoms with E-state index in [1.54, 1.807) is 0 Å². The molecule has 33 heavy (non-hydrogen) atoms. The average Bonchev–Trinajstić information content (AvgIpc) is 2.79. The lowest BCUT2D eigenvalue weighted by Gasteiger charge is -2.15. The Hall–Kier alpha value is -3.37. The Balaban J connectivity index is 1.95. The largest absolute Gasteiger partial charge is 0.456 e. The van der Waals surface area contributed by atoms with Crippen molar-refractivity contribution in [1.82, 2.24) is 0 Å². The third-order valence-corrected chi connectivity index (χ3v) is 5.59. The van der Waals surface area contributed by atoms with Crippen LogP contribution in [0.15, 0.2) is 83.1 Å². The number of halogens is 1. The van der Waals surface area contributed by atoms with Gasteiger partial charge < -0.3 is 10.1 Å². The number of amides is 1. The molecule has 3 aromatic rings. The molecule has 0 spiro atoms. The van der Waals surface area contributed by atoms with Crippen LogP contribution in [0.1, 0.15) is 39.7 Å². The van der Waals surface area contributed by atoms with Crippen molar-refractivity contribution >= 4 is 34.6 Å². The molecule has 0 saturated heterocycles. The molecule has 0 fully saturated rings. The number of benzene rings is 3. The Morgan fingerprint density at radius 2 is 1.64 bits per heavy atom. The van der Waals surface area contributed by atoms with Crippen molar-refractivity contribution in [1.29, 1.82) is 0 Å². The summed E-state index contributed by atoms with van der Waals surface area (Å²) in [6.07, 6.45) is 0.835. The van der Waals surface area contributed by atoms with Crippen molar-refractivity contribution in [3.05, 3.63) is 88.6 Å². The molecule has 0 aromatic heterocycles. The van der Waals surface area contributed by atoms with Crippen molar-refractivity contribution in [2.45, 2.75) is 41.0 Å². The quantitative estimate of drug-likeness (QED) is 0.286. The molecular weight excluding hydrogens is 432 g/mol. The standard InChI is InChI=1S/C28H29ClN2O2/c1-6-18(2)28(20(4)30-27-19(3)10-7-15-26(27)29)33-25-14-9-12-23(17-25)22-11-8-13-24(16-22)31-21(5)32/h7-17H,6H2,1-5H3,(H,31,32). The first-order valence-corrected chi connectivity index (χ1v) is 11.3. The first-order valence-electron chi connectivity index (χ1n) is 10.9. The lowest BCUT2D eigenvalue weighted by atomic mass is 10.0. The number of rotatable bonds is 7. The topological polar surface area (TPSA) is 50.7 Å². The summed E-state index contributed by atoms with van der Waals surface area (Å²) in [5.74, 6) is 1.35. The fourth-order valence-corrected chi connectivity index (χ4v) is 3.71. The molecule has 0 aliphatic heterocycles. The third kappa shape index (κ3) is 6.33. The number of allylic oxidation sites excluding steroid dienone is 2. The lowest BCUT2D eigenvalue weighted by molar-refractivity contribution is -0.114. The number of aryl methyl sites for hydroxylation is 1. The number of nitrogens with zero attached hydrogens (tertiary/aromatic N) is 1. The highest BCUT2D eigenvalue weighted by Gasteiger charge is 2.12. The molecule has 0 aliphatic rings. The number of ether oxygens (including phenoxy) is 1. The summed E-state index contributed by atoms with van der Waals surface area (Å²) in [7, 11) is 0. The minimum absolute atomic E-state index is 0.0995. The Kier molecular flexibility index (Phi) is 8.07. The van der Waals surface area contributed by atoms with Crippen LogP contribution < -0.4 is 10.1 Å². The number of carbonyl (C=O) groups excluding carboxylic acids is 1. The molecule has 5 heteroatoms. The first-order chi connectivity index (χ1) is 15.8. The Morgan fingerprint density at radius 1 is 0.970 bits per heavy atom. The highest BCUT2D eigenvalue weighted by Crippen LogP contribution is 2.31. The Morgan fingerprint density at radius 3 is 2.30 bits per heavy atom. The molecule has 0 aliphatic carbocycles. The van der Waals surface area contributed by atoms with Gasteiger partial charge in [0.2, 0.25) is 5.91 Å². The molecule has 0 heterocycles. The predicted octanol–water partition coefficient (Wildman–Crippen LogP) is 8.13. The van der Waals surface area contributed by atoms with Gasteiger partial charge in [0.05, 0.1) is 16.4 Å². The average molecular weight is 461 g/mol. The zero-order valence-electron chi connectivity index (χ0n) is 19.7. The SMILES string of the molecule is CCC(C)=C(Oc1cccc(-c2cccc(NC(C)=O)c2)c1)C(C)=Nc1c(C)cccc1Cl. The molecule has 1 amide bonds. The summed E-state index contributed by atoms with van der Waals surface area (Å²) in [6.45, 7) is 9.58. The summed E-state index contributed by atoms with van der Waals surface area (Å²) < 4.78 is 6.37. The van der Waals surface area contributed by atoms with Gasteiger partial charge in [-0.25, -0.2) is 4.99 Å². The summed E-state index contributed by atoms with van der Waals surface area (Å²) in [6, 6.07) is 21.4. The van der Waals surface area contributed by atoms with Gasteiger partial charge in [-0.3, -0.25) is 4.79 Å². The summed E-state index contributed by atoms with van der Waals surface area (Å²) in [4.78, 5) is 16.2. The first kappa shape index (κ1) is 24.3. The zero-order valence-corrected chi connectivity index (χ0v) is 20.5. The molecule has 170 valence electrons. The van der Waals surface area contributed by atoms with E-state index in [0.717, 1.165) is 51.5 Å². The highest BCUT2D eigenvalue weighted by molar-refractivity contribution is 6.33. The summed E-state index contributed by atoms with van der Waals surface area (Å²) in [5.41, 5.74) is 6.36. The van der Waals surface area contributed by atoms with Gasteiger partial charge in [-0.05, 0) is 79.8 Å². The van der Waals surface area contributed by atoms with E-state index in [1.807, 2.05) is 80.6 Å². The maximum atomic E-state index is 11.4. The number of nitrogens with one attached hydrogen (secondary N) is 1. The molecule has 0 saturated carbocycles. The number of para-hydroxylation sites is 1. The second kappa shape index (κ2) is 11.0. The van der Waals surface area contributed by atoms with E-state index in [0.29, 0.717) is 10.8 Å². The number of anilines is 1. The molecule has 4 nitrogen and oxygen atoms in total. The second-order valence-corrected chi connectivity index (χ2v) is 8.36. The van der Waals surface area contributed by atoms with Crippen molar-refractivity contribution in [2.24, 2.45) is 4.99 Å². The van der Waals surface area contributed by atoms with Gasteiger partial charge in [-0.2, -0.15) is 0 Å². The van der Waals surface area contributed by atoms with E-state index in [-0.39, 0.29) is 5.91 Å². The van der Waals surface area contributed by atoms with Gasteiger partial charge in [0.25, 0.3) is 0 Å². The smallest absolute Gasteiger partial charge is 0.221 e. The van der Waals surface area contributed by atoms with Crippen LogP contribution in [0.25, 0.3) is 11.1 Å². The molecule has 0 radical (unpaired) electrons. The van der Waals surface area contributed by atoms with Crippen LogP contribution in [0.5, 0.6) is 5.75 Å². The van der Waals surface area contributed by atoms with Crippen LogP contribution in [-0.2, 0) is 4.79 Å². The van der Waals surface area contributed by atoms with E-state index in [1.165, 1.54) is 6.92 Å². The van der Waals surface area contributed by atoms with Crippen LogP contribution in [0.4, 0.5) is 11.4 Å². The molecule has 1 N–H and O–H groups in total. The van der Waals surface area contributed by atoms with Gasteiger partial charge in [-0.15, -0.1) is 0 Å². The Labute approximate surface area is 201 Å². The number of hydrogen-bond donors (Lipinski definition) is 1. The van der Waals surface area contributed by atoms with Gasteiger partial charge in [0.1, 0.15) is 11.5 Å². The highest BCUT2D eigenvalue weighted by atomic mass is 35.5. The maximum absolute atomic E-state index is 11.4. The second-order valence-electron chi connectivity index (χ2n) is 7.96. The summed E-state index contributed by atoms with van der Waals surface area (Å²) in [5, 5.41) is 3.44. The monoisotopic (exact) mass is 460 g/mol. The van der Waals surface area contributed by atoms with E-state index in [2.05, 4.69) is 19.2 Å². The maximum Gasteiger partial charge on any atom is 0.221 e. The molecule has 0 atom stereocenters. The zero-order chi connectivity index (χ0) is 24.0. The van der Waals surface area contributed by atoms with Gasteiger partial charge in [-0.1, -0.05) is 54.9 Å². The van der Waals surface area contributed by atoms with E-state index < -0.39 is 0 Å². The van der Waals surface area contributed by atoms with Crippen LogP contribution in [0.3, 0.4) is 0 Å². The molecule has 3 aromatic carbocycles. The van der Waals surface area contributed by atoms with Crippen molar-refractivity contribution in [3.8, 4) is 16.9 Å². The number of carbonyl (C=O) groups is 1. The van der Waals surface area contributed by atoms with Crippen LogP contribution in [-0.4, -0.2) is 11.6 Å². The van der Waals surface area contributed by atoms with Crippen LogP contribution in [0.2, 0.25) is 5.02 Å². The molecule has 3 rings (SSSR count). The fourth-order valence-electron chi connectivity index (χ4n) is 3.45. The number of aliphatic imine (C=N–C) groups is 1. The van der Waals surface area contributed by atoms with Crippen molar-refractivity contribution in [3.63, 3.8) is 0 Å². The van der Waals surface area contributed by atoms with Gasteiger partial charge in [0.15, 0.2) is 0 Å². The minimum atomic E-state index is -0.0995. The molecule has 0 bridgehead atoms. The normalized spacial score (nSPS) is 12.2. The minimum Gasteiger partial charge on any atom is -0.456 e. The van der Waals surface area contributed by atoms with Gasteiger partial charge >= 0.3 is 0 Å². The van der Waals surface area contributed by atoms with Crippen molar-refractivity contribution < 1.29 is 9.53 Å². The molecular formula is C28H29ClN2O2. The van der Waals surface area contributed by atoms with E-state index >= 15 is 0 Å². The Bertz CT molecular complexity index is 1210. The number of hydrogen-bond acceptors (Lipinski definition) is 3. The van der Waals surface area contributed by atoms with E-state index in [4.69, 9.17) is 21.3 Å². The lowest BCUT2D eigenvalue weighted by Crippen LogP contribution is -2.08. The van der Waals surface area contributed by atoms with Gasteiger partial charge in [0, 0.05) is 12.6 Å². The fraction of sp³-hybridized carbons (Fsp3) is 0.214. The van der Waals surface area contributed by atoms with Crippen LogP contribution in [0, 0.1) is 6.92 Å². The molecule has 0 unspecified atom stereocenters. The van der Waals surface area contributed by atoms with Crippen LogP contribution >= 0.6 is 11.6 Å². The third-order valence-electron chi connectivity index (χ3n) is 5.28. The predicted molar refractivity (Wildman–Crippen MR) is 139 cm³/mol. The summed E-state index contributed by atoms with van der Waals surface area (Å²) >= 11 is 6.39. The van der Waals surface area contributed by atoms with Crippen molar-refractivity contribution in [2.75, 3.05) is 5.32 Å². The van der Waals surface area contributed by atoms with E-state index in [9.17, 15) is 4.79 Å².